The molecule has 0 bridgehead atoms. The predicted molar refractivity (Wildman–Crippen MR) is 59.2 cm³/mol. The van der Waals surface area contributed by atoms with Crippen LogP contribution in [-0.2, 0) is 0 Å². The van der Waals surface area contributed by atoms with Gasteiger partial charge in [0.05, 0.1) is 5.92 Å². The van der Waals surface area contributed by atoms with Gasteiger partial charge in [-0.3, -0.25) is 4.90 Å². The van der Waals surface area contributed by atoms with Gasteiger partial charge in [-0.1, -0.05) is 20.8 Å². The molecule has 0 amide bonds. The fraction of sp³-hybridized carbons (Fsp3) is 1.00. The first kappa shape index (κ1) is 13.8. The van der Waals surface area contributed by atoms with Crippen LogP contribution in [0.4, 0.5) is 13.2 Å². The van der Waals surface area contributed by atoms with Gasteiger partial charge < -0.3 is 0 Å². The number of halogens is 3. The van der Waals surface area contributed by atoms with E-state index in [4.69, 9.17) is 0 Å². The highest BCUT2D eigenvalue weighted by Crippen LogP contribution is 2.42. The Morgan fingerprint density at radius 3 is 1.88 bits per heavy atom. The zero-order valence-electron chi connectivity index (χ0n) is 10.7. The van der Waals surface area contributed by atoms with Gasteiger partial charge in [-0.05, 0) is 25.7 Å². The fourth-order valence-corrected chi connectivity index (χ4v) is 2.52. The minimum Gasteiger partial charge on any atom is -0.297 e. The van der Waals surface area contributed by atoms with Gasteiger partial charge in [-0.2, -0.15) is 13.2 Å². The topological polar surface area (TPSA) is 3.24 Å². The summed E-state index contributed by atoms with van der Waals surface area (Å²) in [7, 11) is 0. The highest BCUT2D eigenvalue weighted by Gasteiger charge is 2.50. The van der Waals surface area contributed by atoms with Crippen molar-refractivity contribution in [1.82, 2.24) is 4.90 Å². The summed E-state index contributed by atoms with van der Waals surface area (Å²) in [6.45, 7) is 10.2. The van der Waals surface area contributed by atoms with Crippen LogP contribution in [0, 0.1) is 11.3 Å². The minimum absolute atomic E-state index is 0.0270. The molecule has 0 aliphatic carbocycles. The maximum absolute atomic E-state index is 12.7. The normalized spacial score (nSPS) is 29.1. The molecule has 96 valence electrons. The molecule has 0 spiro atoms. The van der Waals surface area contributed by atoms with Crippen molar-refractivity contribution in [1.29, 1.82) is 0 Å². The Balaban J connectivity index is 2.85. The van der Waals surface area contributed by atoms with Gasteiger partial charge in [0, 0.05) is 18.6 Å². The van der Waals surface area contributed by atoms with Gasteiger partial charge in [0.15, 0.2) is 0 Å². The molecule has 1 saturated heterocycles. The van der Waals surface area contributed by atoms with E-state index in [-0.39, 0.29) is 30.5 Å². The zero-order chi connectivity index (χ0) is 12.7. The molecule has 0 saturated carbocycles. The average Bonchev–Trinajstić information content (AvgIpc) is 2.44. The summed E-state index contributed by atoms with van der Waals surface area (Å²) in [6, 6.07) is 0.204. The van der Waals surface area contributed by atoms with Gasteiger partial charge >= 0.3 is 6.18 Å². The Morgan fingerprint density at radius 2 is 1.62 bits per heavy atom. The van der Waals surface area contributed by atoms with Crippen molar-refractivity contribution in [2.45, 2.75) is 59.3 Å². The SMILES string of the molecule is CC(C)N1CC(C(F)(F)F)CC1C(C)(C)C. The van der Waals surface area contributed by atoms with E-state index in [1.807, 2.05) is 39.5 Å². The monoisotopic (exact) mass is 237 g/mol. The van der Waals surface area contributed by atoms with E-state index in [0.717, 1.165) is 0 Å². The lowest BCUT2D eigenvalue weighted by molar-refractivity contribution is -0.171. The van der Waals surface area contributed by atoms with Crippen LogP contribution in [0.5, 0.6) is 0 Å². The van der Waals surface area contributed by atoms with Gasteiger partial charge in [0.1, 0.15) is 0 Å². The maximum Gasteiger partial charge on any atom is 0.393 e. The third-order valence-corrected chi connectivity index (χ3v) is 3.47. The van der Waals surface area contributed by atoms with E-state index in [1.54, 1.807) is 0 Å². The first-order valence-electron chi connectivity index (χ1n) is 5.86. The summed E-state index contributed by atoms with van der Waals surface area (Å²) in [5.74, 6) is -1.15. The van der Waals surface area contributed by atoms with Crippen LogP contribution in [0.2, 0.25) is 0 Å². The van der Waals surface area contributed by atoms with E-state index in [9.17, 15) is 13.2 Å². The Bertz CT molecular complexity index is 240. The van der Waals surface area contributed by atoms with Crippen molar-refractivity contribution < 1.29 is 13.2 Å². The molecule has 0 aromatic heterocycles. The van der Waals surface area contributed by atoms with Crippen molar-refractivity contribution in [3.8, 4) is 0 Å². The third-order valence-electron chi connectivity index (χ3n) is 3.47. The summed E-state index contributed by atoms with van der Waals surface area (Å²) in [6.07, 6.45) is -3.81. The molecule has 0 radical (unpaired) electrons. The first-order chi connectivity index (χ1) is 7.03. The molecule has 4 heteroatoms. The second kappa shape index (κ2) is 4.21. The average molecular weight is 237 g/mol. The third kappa shape index (κ3) is 2.90. The lowest BCUT2D eigenvalue weighted by atomic mass is 9.83. The van der Waals surface area contributed by atoms with E-state index >= 15 is 0 Å². The van der Waals surface area contributed by atoms with E-state index in [1.165, 1.54) is 0 Å². The number of likely N-dealkylation sites (tertiary alicyclic amines) is 1. The number of hydrogen-bond donors (Lipinski definition) is 0. The molecule has 1 aliphatic rings. The molecular weight excluding hydrogens is 215 g/mol. The maximum atomic E-state index is 12.7. The molecule has 0 N–H and O–H groups in total. The standard InChI is InChI=1S/C12H22F3N/c1-8(2)16-7-9(12(13,14)15)6-10(16)11(3,4)5/h8-10H,6-7H2,1-5H3. The van der Waals surface area contributed by atoms with Crippen molar-refractivity contribution in [2.75, 3.05) is 6.54 Å². The summed E-state index contributed by atoms with van der Waals surface area (Å²) in [4.78, 5) is 2.00. The molecule has 1 heterocycles. The summed E-state index contributed by atoms with van der Waals surface area (Å²) in [5, 5.41) is 0. The largest absolute Gasteiger partial charge is 0.393 e. The van der Waals surface area contributed by atoms with Gasteiger partial charge in [0.2, 0.25) is 0 Å². The van der Waals surface area contributed by atoms with Crippen LogP contribution in [0.15, 0.2) is 0 Å². The second-order valence-electron chi connectivity index (χ2n) is 6.15. The second-order valence-corrected chi connectivity index (χ2v) is 6.15. The van der Waals surface area contributed by atoms with Gasteiger partial charge in [-0.25, -0.2) is 0 Å². The van der Waals surface area contributed by atoms with E-state index in [0.29, 0.717) is 0 Å². The number of rotatable bonds is 1. The van der Waals surface area contributed by atoms with Crippen LogP contribution in [0.1, 0.15) is 41.0 Å². The Labute approximate surface area is 96.0 Å². The lowest BCUT2D eigenvalue weighted by Gasteiger charge is -2.37. The minimum atomic E-state index is -4.05. The molecule has 0 aromatic rings. The highest BCUT2D eigenvalue weighted by atomic mass is 19.4. The van der Waals surface area contributed by atoms with Crippen LogP contribution < -0.4 is 0 Å². The number of nitrogens with zero attached hydrogens (tertiary/aromatic N) is 1. The van der Waals surface area contributed by atoms with E-state index in [2.05, 4.69) is 0 Å². The van der Waals surface area contributed by atoms with Crippen molar-refractivity contribution >= 4 is 0 Å². The smallest absolute Gasteiger partial charge is 0.297 e. The molecule has 2 atom stereocenters. The molecular formula is C12H22F3N. The van der Waals surface area contributed by atoms with Gasteiger partial charge in [0.25, 0.3) is 0 Å². The fourth-order valence-electron chi connectivity index (χ4n) is 2.52. The van der Waals surface area contributed by atoms with Crippen molar-refractivity contribution in [2.24, 2.45) is 11.3 Å². The molecule has 0 aromatic carbocycles. The summed E-state index contributed by atoms with van der Waals surface area (Å²) < 4.78 is 38.2. The molecule has 1 rings (SSSR count). The predicted octanol–water partition coefficient (Wildman–Crippen LogP) is 3.69. The highest BCUT2D eigenvalue weighted by molar-refractivity contribution is 4.95. The molecule has 2 unspecified atom stereocenters. The molecule has 1 fully saturated rings. The van der Waals surface area contributed by atoms with Crippen LogP contribution in [-0.4, -0.2) is 29.7 Å². The molecule has 1 aliphatic heterocycles. The van der Waals surface area contributed by atoms with Crippen LogP contribution in [0.25, 0.3) is 0 Å². The number of hydrogen-bond acceptors (Lipinski definition) is 1. The van der Waals surface area contributed by atoms with Crippen molar-refractivity contribution in [3.63, 3.8) is 0 Å². The summed E-state index contributed by atoms with van der Waals surface area (Å²) >= 11 is 0. The van der Waals surface area contributed by atoms with Crippen molar-refractivity contribution in [3.05, 3.63) is 0 Å². The first-order valence-corrected chi connectivity index (χ1v) is 5.86. The van der Waals surface area contributed by atoms with Crippen LogP contribution >= 0.6 is 0 Å². The molecule has 1 nitrogen and oxygen atoms in total. The Morgan fingerprint density at radius 1 is 1.12 bits per heavy atom. The van der Waals surface area contributed by atoms with E-state index < -0.39 is 12.1 Å². The Kier molecular flexibility index (Phi) is 3.63. The molecule has 16 heavy (non-hydrogen) atoms. The Hall–Kier alpha value is -0.250. The zero-order valence-corrected chi connectivity index (χ0v) is 10.7. The van der Waals surface area contributed by atoms with Gasteiger partial charge in [-0.15, -0.1) is 0 Å². The summed E-state index contributed by atoms with van der Waals surface area (Å²) in [5.41, 5.74) is -0.0930. The lowest BCUT2D eigenvalue weighted by Crippen LogP contribution is -2.43. The van der Waals surface area contributed by atoms with Crippen LogP contribution in [0.3, 0.4) is 0 Å². The number of alkyl halides is 3. The quantitative estimate of drug-likeness (QED) is 0.672.